The number of nitrogens with zero attached hydrogens (tertiary/aromatic N) is 9. The predicted molar refractivity (Wildman–Crippen MR) is 314 cm³/mol. The van der Waals surface area contributed by atoms with E-state index < -0.39 is 63.6 Å². The number of carbonyl (C=O) groups is 3. The van der Waals surface area contributed by atoms with Crippen LogP contribution in [-0.2, 0) is 20.4 Å². The molecule has 0 fully saturated rings. The van der Waals surface area contributed by atoms with Gasteiger partial charge in [-0.2, -0.15) is 38.3 Å². The monoisotopic (exact) mass is 1210 g/mol. The average Bonchev–Trinajstić information content (AvgIpc) is 3.67. The van der Waals surface area contributed by atoms with Gasteiger partial charge in [-0.15, -0.1) is 0 Å². The van der Waals surface area contributed by atoms with Crippen LogP contribution in [0.4, 0.5) is 106 Å². The predicted octanol–water partition coefficient (Wildman–Crippen LogP) is 15.1. The summed E-state index contributed by atoms with van der Waals surface area (Å²) in [5, 5.41) is 24.5. The molecule has 0 atom stereocenters. The minimum atomic E-state index is -4.70. The number of aromatic nitrogens is 8. The molecule has 8 rings (SSSR count). The molecule has 29 heteroatoms. The van der Waals surface area contributed by atoms with E-state index in [1.54, 1.807) is 111 Å². The fourth-order valence-electron chi connectivity index (χ4n) is 7.09. The minimum Gasteiger partial charge on any atom is -0.443 e. The second-order valence-electron chi connectivity index (χ2n) is 20.4. The summed E-state index contributed by atoms with van der Waals surface area (Å²) in [7, 11) is 0. The molecule has 4 heterocycles. The first-order valence-corrected chi connectivity index (χ1v) is 26.0. The second kappa shape index (κ2) is 27.1. The molecular formula is C56H57Cl2F5N16O6. The molecule has 22 nitrogen and oxygen atoms in total. The van der Waals surface area contributed by atoms with Crippen LogP contribution in [0.3, 0.4) is 0 Å². The van der Waals surface area contributed by atoms with Crippen LogP contribution in [-0.4, -0.2) is 75.8 Å². The van der Waals surface area contributed by atoms with Crippen molar-refractivity contribution in [2.75, 3.05) is 36.8 Å². The molecule has 0 saturated carbocycles. The molecular weight excluding hydrogens is 1160 g/mol. The van der Waals surface area contributed by atoms with Crippen LogP contribution in [0.2, 0.25) is 10.0 Å². The Bertz CT molecular complexity index is 3790. The lowest BCUT2D eigenvalue weighted by atomic mass is 10.2. The third-order valence-electron chi connectivity index (χ3n) is 11.0. The number of aryl methyl sites for hydroxylation is 5. The molecule has 4 amide bonds. The van der Waals surface area contributed by atoms with Gasteiger partial charge in [-0.25, -0.2) is 47.7 Å². The van der Waals surface area contributed by atoms with Crippen molar-refractivity contribution < 1.29 is 50.6 Å². The molecule has 0 saturated heterocycles. The summed E-state index contributed by atoms with van der Waals surface area (Å²) in [4.78, 5) is 70.0. The normalized spacial score (nSPS) is 11.1. The zero-order valence-corrected chi connectivity index (χ0v) is 48.9. The molecule has 85 heavy (non-hydrogen) atoms. The quantitative estimate of drug-likeness (QED) is 0.0274. The number of nitrogens with two attached hydrogens (primary N) is 1. The van der Waals surface area contributed by atoms with E-state index in [4.69, 9.17) is 38.4 Å². The number of ether oxygens (including phenoxy) is 2. The van der Waals surface area contributed by atoms with Gasteiger partial charge < -0.3 is 36.5 Å². The van der Waals surface area contributed by atoms with Gasteiger partial charge in [-0.3, -0.25) is 10.2 Å². The van der Waals surface area contributed by atoms with Gasteiger partial charge in [0.2, 0.25) is 18.0 Å². The van der Waals surface area contributed by atoms with Crippen LogP contribution in [0.25, 0.3) is 0 Å². The van der Waals surface area contributed by atoms with Crippen molar-refractivity contribution in [2.45, 2.75) is 93.5 Å². The Labute approximate surface area is 493 Å². The molecule has 0 radical (unpaired) electrons. The van der Waals surface area contributed by atoms with Crippen LogP contribution in [0.5, 0.6) is 0 Å². The van der Waals surface area contributed by atoms with Crippen LogP contribution < -0.4 is 36.8 Å². The Hall–Kier alpha value is -9.72. The van der Waals surface area contributed by atoms with Crippen molar-refractivity contribution in [3.8, 4) is 0 Å². The van der Waals surface area contributed by atoms with Crippen molar-refractivity contribution in [2.24, 2.45) is 4.99 Å². The van der Waals surface area contributed by atoms with Gasteiger partial charge in [-0.1, -0.05) is 35.3 Å². The molecule has 0 bridgehead atoms. The van der Waals surface area contributed by atoms with E-state index in [9.17, 15) is 36.7 Å². The van der Waals surface area contributed by atoms with Gasteiger partial charge in [0.1, 0.15) is 11.2 Å². The molecule has 0 spiro atoms. The number of nitrogen functional groups attached to an aromatic ring is 1. The largest absolute Gasteiger partial charge is 0.443 e. The number of H-pyrrole nitrogens is 2. The van der Waals surface area contributed by atoms with E-state index in [0.29, 0.717) is 44.7 Å². The molecule has 4 aromatic heterocycles. The zero-order chi connectivity index (χ0) is 62.7. The van der Waals surface area contributed by atoms with Crippen molar-refractivity contribution >= 4 is 117 Å². The topological polar surface area (TPSA) is 289 Å². The van der Waals surface area contributed by atoms with Gasteiger partial charge in [0.25, 0.3) is 0 Å². The summed E-state index contributed by atoms with van der Waals surface area (Å²) in [6.07, 6.45) is -3.14. The minimum absolute atomic E-state index is 0.0386. The zero-order valence-electron chi connectivity index (χ0n) is 47.4. The number of halogens is 7. The van der Waals surface area contributed by atoms with Crippen LogP contribution >= 0.6 is 23.2 Å². The van der Waals surface area contributed by atoms with E-state index in [2.05, 4.69) is 66.6 Å². The lowest BCUT2D eigenvalue weighted by Crippen LogP contribution is -2.35. The summed E-state index contributed by atoms with van der Waals surface area (Å²) in [6, 6.07) is 20.4. The van der Waals surface area contributed by atoms with Crippen LogP contribution in [0.1, 0.15) is 75.2 Å². The maximum atomic E-state index is 15.1. The van der Waals surface area contributed by atoms with Gasteiger partial charge >= 0.3 is 24.4 Å². The van der Waals surface area contributed by atoms with E-state index >= 15 is 4.39 Å². The molecule has 8 aromatic rings. The fourth-order valence-corrected chi connectivity index (χ4v) is 7.44. The number of nitrogens with one attached hydrogen (secondary N) is 6. The van der Waals surface area contributed by atoms with E-state index in [-0.39, 0.29) is 40.7 Å². The number of alkyl halides is 3. The highest BCUT2D eigenvalue weighted by Crippen LogP contribution is 2.37. The van der Waals surface area contributed by atoms with Crippen molar-refractivity contribution in [1.82, 2.24) is 40.3 Å². The Morgan fingerprint density at radius 1 is 0.624 bits per heavy atom. The first-order chi connectivity index (χ1) is 39.8. The molecule has 8 N–H and O–H groups in total. The fraction of sp³-hybridized carbons (Fsp3) is 0.250. The van der Waals surface area contributed by atoms with Crippen molar-refractivity contribution in [3.63, 3.8) is 0 Å². The first-order valence-electron chi connectivity index (χ1n) is 25.2. The lowest BCUT2D eigenvalue weighted by molar-refractivity contribution is -0.137. The van der Waals surface area contributed by atoms with E-state index in [0.717, 1.165) is 45.5 Å². The van der Waals surface area contributed by atoms with Gasteiger partial charge in [-0.05, 0) is 154 Å². The average molecular weight is 1220 g/mol. The van der Waals surface area contributed by atoms with E-state index in [1.165, 1.54) is 24.3 Å². The SMILES string of the molecule is Cc1cc(N(C(=O)OC(C)(C)C)c2nc(Nc3cc(N)ccc3C)ncc2F)n[nH]1.Cc1cc(N(C(=O)OC(C)(C)C)c2nc(Nc3cc(NC(=O)Nc4ccc(Cl)c(C(F)(F)F)c4)ccc3C)ncc2F)n[nH]1.Cc1cc(N=C=O)ccc1Cl. The van der Waals surface area contributed by atoms with Crippen LogP contribution in [0, 0.1) is 46.3 Å². The molecule has 0 unspecified atom stereocenters. The summed E-state index contributed by atoms with van der Waals surface area (Å²) in [5.41, 5.74) is 9.11. The van der Waals surface area contributed by atoms with Gasteiger partial charge in [0, 0.05) is 57.0 Å². The molecule has 0 aliphatic heterocycles. The number of urea groups is 1. The van der Waals surface area contributed by atoms with Gasteiger partial charge in [0.05, 0.1) is 28.7 Å². The summed E-state index contributed by atoms with van der Waals surface area (Å²) in [5.74, 6) is -2.31. The summed E-state index contributed by atoms with van der Waals surface area (Å²) < 4.78 is 80.2. The third kappa shape index (κ3) is 18.4. The van der Waals surface area contributed by atoms with Gasteiger partial charge in [0.15, 0.2) is 34.9 Å². The third-order valence-corrected chi connectivity index (χ3v) is 11.7. The Balaban J connectivity index is 0.000000241. The number of amides is 4. The smallest absolute Gasteiger partial charge is 0.422 e. The number of anilines is 11. The number of aliphatic imine (C=N–C) groups is 1. The number of isocyanates is 1. The Kier molecular flexibility index (Phi) is 20.6. The number of benzene rings is 4. The van der Waals surface area contributed by atoms with Crippen molar-refractivity contribution in [1.29, 1.82) is 0 Å². The molecule has 0 aliphatic carbocycles. The second-order valence-corrected chi connectivity index (χ2v) is 21.3. The number of aromatic amines is 2. The number of hydrogen-bond donors (Lipinski definition) is 7. The van der Waals surface area contributed by atoms with Crippen LogP contribution in [0.15, 0.2) is 102 Å². The Morgan fingerprint density at radius 2 is 1.08 bits per heavy atom. The maximum absolute atomic E-state index is 15.1. The number of hydrogen-bond acceptors (Lipinski definition) is 16. The Morgan fingerprint density at radius 3 is 1.53 bits per heavy atom. The van der Waals surface area contributed by atoms with E-state index in [1.807, 2.05) is 19.9 Å². The number of rotatable bonds is 11. The summed E-state index contributed by atoms with van der Waals surface area (Å²) in [6.45, 7) is 19.0. The molecule has 4 aromatic carbocycles. The summed E-state index contributed by atoms with van der Waals surface area (Å²) >= 11 is 11.4. The highest BCUT2D eigenvalue weighted by atomic mass is 35.5. The first kappa shape index (κ1) is 64.4. The molecule has 0 aliphatic rings. The maximum Gasteiger partial charge on any atom is 0.422 e. The highest BCUT2D eigenvalue weighted by molar-refractivity contribution is 6.31. The standard InChI is InChI=1S/C28H27ClF4N8O3.C20H24FN7O2.C8H6ClNO/c1-14-6-7-17(36-25(42)35-16-8-9-19(29)18(11-16)28(31,32)33)12-21(14)37-24-34-13-20(30)23(38-24)41(22-10-15(2)39-40-22)26(43)44-27(3,4)5;1-11-6-7-13(22)9-15(11)24-18-23-10-14(21)17(25-18)28(16-8-12(2)26-27-16)19(29)30-20(3,4)5;1-6-4-7(10-5-11)2-3-8(6)9/h6-13H,1-5H3,(H,39,40)(H,34,37,38)(H2,35,36,42);6-10H,22H2,1-5H3,(H,26,27)(H,23,24,25);2-4H,1H3. The lowest BCUT2D eigenvalue weighted by Gasteiger charge is -2.25. The number of carbonyl (C=O) groups excluding carboxylic acids is 4. The van der Waals surface area contributed by atoms with Crippen molar-refractivity contribution in [3.05, 3.63) is 153 Å². The molecule has 446 valence electrons. The highest BCUT2D eigenvalue weighted by Gasteiger charge is 2.35.